The van der Waals surface area contributed by atoms with E-state index in [1.54, 1.807) is 48.5 Å². The molecule has 0 N–H and O–H groups in total. The molecule has 0 saturated carbocycles. The predicted molar refractivity (Wildman–Crippen MR) is 127 cm³/mol. The van der Waals surface area contributed by atoms with E-state index in [9.17, 15) is 13.2 Å². The van der Waals surface area contributed by atoms with Crippen LogP contribution < -0.4 is 0 Å². The molecule has 34 heavy (non-hydrogen) atoms. The van der Waals surface area contributed by atoms with Gasteiger partial charge in [0.25, 0.3) is 0 Å². The molecule has 0 amide bonds. The molecule has 1 nitrogen and oxygen atoms in total. The smallest absolute Gasteiger partial charge is 0.167 e. The summed E-state index contributed by atoms with van der Waals surface area (Å²) < 4.78 is 64.8. The van der Waals surface area contributed by atoms with Crippen molar-refractivity contribution in [3.63, 3.8) is 0 Å². The summed E-state index contributed by atoms with van der Waals surface area (Å²) in [4.78, 5) is 0. The van der Waals surface area contributed by atoms with Gasteiger partial charge >= 0.3 is 0 Å². The van der Waals surface area contributed by atoms with Crippen molar-refractivity contribution in [1.29, 1.82) is 0 Å². The first kappa shape index (κ1) is 24.5. The van der Waals surface area contributed by atoms with E-state index >= 15 is 4.39 Å². The molecule has 0 aliphatic carbocycles. The van der Waals surface area contributed by atoms with Crippen LogP contribution in [0.15, 0.2) is 48.5 Å². The fraction of sp³-hybridized carbons (Fsp3) is 0.379. The van der Waals surface area contributed by atoms with Crippen molar-refractivity contribution in [3.8, 4) is 22.3 Å². The molecular weight excluding hydrogens is 440 g/mol. The Morgan fingerprint density at radius 2 is 1.32 bits per heavy atom. The molecule has 3 aromatic rings. The third-order valence-electron chi connectivity index (χ3n) is 6.71. The molecule has 1 aliphatic rings. The highest BCUT2D eigenvalue weighted by molar-refractivity contribution is 5.71. The molecule has 1 saturated heterocycles. The normalized spacial score (nSPS) is 18.3. The topological polar surface area (TPSA) is 9.23 Å². The Bertz CT molecular complexity index is 1130. The minimum absolute atomic E-state index is 0.123. The van der Waals surface area contributed by atoms with Crippen LogP contribution in [0.3, 0.4) is 0 Å². The Morgan fingerprint density at radius 1 is 0.706 bits per heavy atom. The highest BCUT2D eigenvalue weighted by Gasteiger charge is 2.27. The zero-order chi connectivity index (χ0) is 24.2. The zero-order valence-corrected chi connectivity index (χ0v) is 19.6. The van der Waals surface area contributed by atoms with Crippen LogP contribution in [0.25, 0.3) is 22.3 Å². The molecule has 3 aromatic carbocycles. The summed E-state index contributed by atoms with van der Waals surface area (Å²) >= 11 is 0. The van der Waals surface area contributed by atoms with Gasteiger partial charge < -0.3 is 4.74 Å². The molecule has 2 unspecified atom stereocenters. The van der Waals surface area contributed by atoms with Gasteiger partial charge in [0.05, 0.1) is 12.7 Å². The van der Waals surface area contributed by atoms with E-state index in [1.807, 2.05) is 6.92 Å². The molecule has 0 radical (unpaired) electrons. The monoisotopic (exact) mass is 470 g/mol. The fourth-order valence-electron chi connectivity index (χ4n) is 4.83. The van der Waals surface area contributed by atoms with Crippen LogP contribution in [0.2, 0.25) is 0 Å². The Labute approximate surface area is 198 Å². The first-order valence-electron chi connectivity index (χ1n) is 12.1. The molecule has 180 valence electrons. The van der Waals surface area contributed by atoms with Crippen LogP contribution in [-0.2, 0) is 11.2 Å². The lowest BCUT2D eigenvalue weighted by molar-refractivity contribution is -0.0214. The van der Waals surface area contributed by atoms with Gasteiger partial charge in [0.15, 0.2) is 23.3 Å². The summed E-state index contributed by atoms with van der Waals surface area (Å²) in [7, 11) is 0. The molecule has 1 aliphatic heterocycles. The molecule has 2 atom stereocenters. The minimum Gasteiger partial charge on any atom is -0.373 e. The quantitative estimate of drug-likeness (QED) is 0.314. The maximum Gasteiger partial charge on any atom is 0.167 e. The van der Waals surface area contributed by atoms with Crippen molar-refractivity contribution < 1.29 is 22.3 Å². The number of rotatable bonds is 7. The van der Waals surface area contributed by atoms with Crippen molar-refractivity contribution in [1.82, 2.24) is 0 Å². The maximum absolute atomic E-state index is 15.0. The zero-order valence-electron chi connectivity index (χ0n) is 19.6. The Hall–Kier alpha value is -2.66. The number of benzene rings is 3. The maximum atomic E-state index is 15.0. The van der Waals surface area contributed by atoms with Crippen LogP contribution in [0.5, 0.6) is 0 Å². The van der Waals surface area contributed by atoms with E-state index < -0.39 is 29.4 Å². The largest absolute Gasteiger partial charge is 0.373 e. The van der Waals surface area contributed by atoms with Crippen molar-refractivity contribution in [2.24, 2.45) is 5.92 Å². The van der Waals surface area contributed by atoms with Crippen LogP contribution in [0.1, 0.15) is 63.2 Å². The number of aryl methyl sites for hydroxylation is 1. The predicted octanol–water partition coefficient (Wildman–Crippen LogP) is 8.80. The summed E-state index contributed by atoms with van der Waals surface area (Å²) in [6.45, 7) is 4.60. The lowest BCUT2D eigenvalue weighted by Crippen LogP contribution is -2.21. The summed E-state index contributed by atoms with van der Waals surface area (Å²) in [5, 5.41) is 0. The third kappa shape index (κ3) is 4.90. The van der Waals surface area contributed by atoms with Gasteiger partial charge in [-0.1, -0.05) is 75.2 Å². The Morgan fingerprint density at radius 3 is 1.88 bits per heavy atom. The number of ether oxygens (including phenoxy) is 1. The number of hydrogen-bond donors (Lipinski definition) is 0. The van der Waals surface area contributed by atoms with E-state index in [-0.39, 0.29) is 16.7 Å². The standard InChI is InChI=1S/C29H30F4O/c1-3-5-18-7-16-25(34-17-18)24-15-14-23(28(32)29(24)33)20-10-8-19(9-11-20)22-13-12-21(6-4-2)26(30)27(22)31/h8-15,18,25H,3-7,16-17H2,1-2H3. The third-order valence-corrected chi connectivity index (χ3v) is 6.71. The fourth-order valence-corrected chi connectivity index (χ4v) is 4.83. The summed E-state index contributed by atoms with van der Waals surface area (Å²) in [6, 6.07) is 12.7. The van der Waals surface area contributed by atoms with Crippen LogP contribution in [-0.4, -0.2) is 6.61 Å². The molecule has 0 bridgehead atoms. The number of halogens is 4. The van der Waals surface area contributed by atoms with Gasteiger partial charge in [-0.05, 0) is 48.3 Å². The van der Waals surface area contributed by atoms with Crippen molar-refractivity contribution >= 4 is 0 Å². The van der Waals surface area contributed by atoms with Crippen molar-refractivity contribution in [3.05, 3.63) is 82.9 Å². The summed E-state index contributed by atoms with van der Waals surface area (Å²) in [6.07, 6.45) is 4.53. The first-order valence-corrected chi connectivity index (χ1v) is 12.1. The van der Waals surface area contributed by atoms with Crippen LogP contribution in [0, 0.1) is 29.2 Å². The second kappa shape index (κ2) is 10.7. The van der Waals surface area contributed by atoms with Gasteiger partial charge in [-0.25, -0.2) is 17.6 Å². The van der Waals surface area contributed by atoms with E-state index in [0.717, 1.165) is 25.7 Å². The highest BCUT2D eigenvalue weighted by Crippen LogP contribution is 2.37. The average Bonchev–Trinajstić information content (AvgIpc) is 2.85. The van der Waals surface area contributed by atoms with Crippen molar-refractivity contribution in [2.45, 2.75) is 58.5 Å². The summed E-state index contributed by atoms with van der Waals surface area (Å²) in [5.74, 6) is -3.06. The Kier molecular flexibility index (Phi) is 7.72. The molecule has 1 fully saturated rings. The van der Waals surface area contributed by atoms with Gasteiger partial charge in [0, 0.05) is 16.7 Å². The molecule has 5 heteroatoms. The minimum atomic E-state index is -0.925. The molecule has 0 aromatic heterocycles. The van der Waals surface area contributed by atoms with E-state index in [1.165, 1.54) is 0 Å². The summed E-state index contributed by atoms with van der Waals surface area (Å²) in [5.41, 5.74) is 1.79. The average molecular weight is 471 g/mol. The molecule has 4 rings (SSSR count). The van der Waals surface area contributed by atoms with Gasteiger partial charge in [-0.2, -0.15) is 0 Å². The van der Waals surface area contributed by atoms with E-state index in [0.29, 0.717) is 42.1 Å². The van der Waals surface area contributed by atoms with Crippen LogP contribution >= 0.6 is 0 Å². The van der Waals surface area contributed by atoms with E-state index in [4.69, 9.17) is 4.74 Å². The SMILES string of the molecule is CCCc1ccc(-c2ccc(-c3ccc(C4CCC(CCC)CO4)c(F)c3F)cc2)c(F)c1F. The Balaban J connectivity index is 1.56. The van der Waals surface area contributed by atoms with Gasteiger partial charge in [0.1, 0.15) is 0 Å². The lowest BCUT2D eigenvalue weighted by atomic mass is 9.90. The molecule has 0 spiro atoms. The lowest BCUT2D eigenvalue weighted by Gasteiger charge is -2.29. The first-order chi connectivity index (χ1) is 16.4. The highest BCUT2D eigenvalue weighted by atomic mass is 19.2. The van der Waals surface area contributed by atoms with Crippen molar-refractivity contribution in [2.75, 3.05) is 6.61 Å². The number of hydrogen-bond acceptors (Lipinski definition) is 1. The van der Waals surface area contributed by atoms with E-state index in [2.05, 4.69) is 6.92 Å². The van der Waals surface area contributed by atoms with Gasteiger partial charge in [-0.15, -0.1) is 0 Å². The van der Waals surface area contributed by atoms with Gasteiger partial charge in [0.2, 0.25) is 0 Å². The van der Waals surface area contributed by atoms with Crippen LogP contribution in [0.4, 0.5) is 17.6 Å². The molecule has 1 heterocycles. The second-order valence-corrected chi connectivity index (χ2v) is 9.11. The van der Waals surface area contributed by atoms with Gasteiger partial charge in [-0.3, -0.25) is 0 Å². The second-order valence-electron chi connectivity index (χ2n) is 9.11. The molecular formula is C29H30F4O.